The van der Waals surface area contributed by atoms with Gasteiger partial charge in [0.1, 0.15) is 5.52 Å². The Balaban J connectivity index is 1.84. The highest BCUT2D eigenvalue weighted by molar-refractivity contribution is 5.76. The molecule has 1 atom stereocenters. The minimum absolute atomic E-state index is 0.0878. The first-order valence-electron chi connectivity index (χ1n) is 6.94. The smallest absolute Gasteiger partial charge is 0.278 e. The van der Waals surface area contributed by atoms with Gasteiger partial charge in [-0.3, -0.25) is 9.69 Å². The number of ether oxygens (including phenoxy) is 1. The highest BCUT2D eigenvalue weighted by Crippen LogP contribution is 2.09. The summed E-state index contributed by atoms with van der Waals surface area (Å²) in [5.41, 5.74) is 0.553. The second kappa shape index (κ2) is 5.68. The summed E-state index contributed by atoms with van der Waals surface area (Å²) in [6, 6.07) is 7.29. The Morgan fingerprint density at radius 1 is 1.40 bits per heavy atom. The van der Waals surface area contributed by atoms with Gasteiger partial charge in [0, 0.05) is 13.1 Å². The Bertz CT molecular complexity index is 655. The van der Waals surface area contributed by atoms with Crippen LogP contribution in [0.15, 0.2) is 29.1 Å². The normalized spacial score (nSPS) is 20.4. The number of hydrogen-bond acceptors (Lipinski definition) is 5. The number of aromatic nitrogens is 3. The van der Waals surface area contributed by atoms with Crippen molar-refractivity contribution < 1.29 is 4.74 Å². The van der Waals surface area contributed by atoms with E-state index < -0.39 is 0 Å². The van der Waals surface area contributed by atoms with Crippen molar-refractivity contribution >= 4 is 10.9 Å². The molecule has 0 radical (unpaired) electrons. The first kappa shape index (κ1) is 13.2. The van der Waals surface area contributed by atoms with Gasteiger partial charge in [0.25, 0.3) is 5.56 Å². The number of fused-ring (bicyclic) bond motifs is 1. The minimum Gasteiger partial charge on any atom is -0.376 e. The zero-order chi connectivity index (χ0) is 13.9. The van der Waals surface area contributed by atoms with Crippen molar-refractivity contribution in [1.29, 1.82) is 0 Å². The standard InChI is InChI=1S/C14H18N4O2/c1-2-11-9-17(7-8-20-11)10-18-14(19)12-5-3-4-6-13(12)15-16-18/h3-6,11H,2,7-10H2,1H3/t11-/m1/s1. The van der Waals surface area contributed by atoms with Crippen molar-refractivity contribution in [3.8, 4) is 0 Å². The van der Waals surface area contributed by atoms with E-state index in [0.717, 1.165) is 19.5 Å². The fourth-order valence-electron chi connectivity index (χ4n) is 2.46. The fourth-order valence-corrected chi connectivity index (χ4v) is 2.46. The van der Waals surface area contributed by atoms with Crippen LogP contribution >= 0.6 is 0 Å². The van der Waals surface area contributed by atoms with Crippen molar-refractivity contribution in [3.63, 3.8) is 0 Å². The zero-order valence-corrected chi connectivity index (χ0v) is 11.5. The van der Waals surface area contributed by atoms with Crippen LogP contribution in [0.4, 0.5) is 0 Å². The van der Waals surface area contributed by atoms with Gasteiger partial charge in [0.2, 0.25) is 0 Å². The molecule has 2 heterocycles. The first-order valence-corrected chi connectivity index (χ1v) is 6.94. The third kappa shape index (κ3) is 2.57. The average Bonchev–Trinajstić information content (AvgIpc) is 2.50. The third-order valence-corrected chi connectivity index (χ3v) is 3.64. The minimum atomic E-state index is -0.0878. The molecule has 0 spiro atoms. The van der Waals surface area contributed by atoms with Crippen LogP contribution in [0, 0.1) is 0 Å². The molecule has 0 amide bonds. The van der Waals surface area contributed by atoms with E-state index in [4.69, 9.17) is 4.74 Å². The summed E-state index contributed by atoms with van der Waals surface area (Å²) in [6.07, 6.45) is 1.22. The van der Waals surface area contributed by atoms with Crippen molar-refractivity contribution in [2.45, 2.75) is 26.1 Å². The van der Waals surface area contributed by atoms with Crippen LogP contribution in [0.1, 0.15) is 13.3 Å². The van der Waals surface area contributed by atoms with Crippen molar-refractivity contribution in [2.75, 3.05) is 19.7 Å². The molecule has 2 aromatic rings. The zero-order valence-electron chi connectivity index (χ0n) is 11.5. The molecule has 1 saturated heterocycles. The number of hydrogen-bond donors (Lipinski definition) is 0. The van der Waals surface area contributed by atoms with E-state index in [1.807, 2.05) is 12.1 Å². The Hall–Kier alpha value is -1.79. The fraction of sp³-hybridized carbons (Fsp3) is 0.500. The predicted molar refractivity (Wildman–Crippen MR) is 75.4 cm³/mol. The quantitative estimate of drug-likeness (QED) is 0.831. The summed E-state index contributed by atoms with van der Waals surface area (Å²) in [5.74, 6) is 0. The van der Waals surface area contributed by atoms with Crippen LogP contribution in [0.5, 0.6) is 0 Å². The maximum atomic E-state index is 12.4. The average molecular weight is 274 g/mol. The van der Waals surface area contributed by atoms with Crippen molar-refractivity contribution in [2.24, 2.45) is 0 Å². The van der Waals surface area contributed by atoms with Gasteiger partial charge in [-0.05, 0) is 18.6 Å². The summed E-state index contributed by atoms with van der Waals surface area (Å²) in [5, 5.41) is 8.74. The molecule has 1 aromatic carbocycles. The molecule has 1 aliphatic rings. The highest BCUT2D eigenvalue weighted by Gasteiger charge is 2.19. The van der Waals surface area contributed by atoms with Gasteiger partial charge in [-0.15, -0.1) is 5.10 Å². The summed E-state index contributed by atoms with van der Waals surface area (Å²) >= 11 is 0. The second-order valence-electron chi connectivity index (χ2n) is 5.03. The van der Waals surface area contributed by atoms with E-state index in [1.165, 1.54) is 4.68 Å². The summed E-state index contributed by atoms with van der Waals surface area (Å²) < 4.78 is 7.06. The Morgan fingerprint density at radius 3 is 3.10 bits per heavy atom. The van der Waals surface area contributed by atoms with Crippen LogP contribution in [0.25, 0.3) is 10.9 Å². The lowest BCUT2D eigenvalue weighted by Crippen LogP contribution is -2.45. The molecular formula is C14H18N4O2. The molecule has 106 valence electrons. The Kier molecular flexibility index (Phi) is 3.75. The van der Waals surface area contributed by atoms with Crippen molar-refractivity contribution in [1.82, 2.24) is 19.9 Å². The van der Waals surface area contributed by atoms with Gasteiger partial charge >= 0.3 is 0 Å². The van der Waals surface area contributed by atoms with Crippen LogP contribution in [-0.2, 0) is 11.4 Å². The maximum absolute atomic E-state index is 12.4. The van der Waals surface area contributed by atoms with Crippen LogP contribution in [0.3, 0.4) is 0 Å². The van der Waals surface area contributed by atoms with Gasteiger partial charge in [0.15, 0.2) is 0 Å². The van der Waals surface area contributed by atoms with Crippen LogP contribution in [0.2, 0.25) is 0 Å². The van der Waals surface area contributed by atoms with Crippen LogP contribution < -0.4 is 5.56 Å². The molecule has 0 saturated carbocycles. The van der Waals surface area contributed by atoms with E-state index in [2.05, 4.69) is 22.1 Å². The van der Waals surface area contributed by atoms with E-state index in [9.17, 15) is 4.79 Å². The predicted octanol–water partition coefficient (Wildman–Crippen LogP) is 0.860. The molecule has 0 bridgehead atoms. The molecule has 3 rings (SSSR count). The first-order chi connectivity index (χ1) is 9.78. The molecule has 0 N–H and O–H groups in total. The Morgan fingerprint density at radius 2 is 2.25 bits per heavy atom. The van der Waals surface area contributed by atoms with E-state index in [-0.39, 0.29) is 11.7 Å². The number of benzene rings is 1. The van der Waals surface area contributed by atoms with E-state index >= 15 is 0 Å². The van der Waals surface area contributed by atoms with E-state index in [0.29, 0.717) is 24.2 Å². The molecule has 1 aliphatic heterocycles. The van der Waals surface area contributed by atoms with E-state index in [1.54, 1.807) is 12.1 Å². The molecule has 0 unspecified atom stereocenters. The van der Waals surface area contributed by atoms with Gasteiger partial charge in [0.05, 0.1) is 24.8 Å². The molecule has 20 heavy (non-hydrogen) atoms. The Labute approximate surface area is 117 Å². The molecule has 1 fully saturated rings. The lowest BCUT2D eigenvalue weighted by molar-refractivity contribution is -0.0418. The van der Waals surface area contributed by atoms with Crippen LogP contribution in [-0.4, -0.2) is 45.7 Å². The summed E-state index contributed by atoms with van der Waals surface area (Å²) in [7, 11) is 0. The van der Waals surface area contributed by atoms with Crippen molar-refractivity contribution in [3.05, 3.63) is 34.6 Å². The molecule has 0 aliphatic carbocycles. The molecular weight excluding hydrogens is 256 g/mol. The monoisotopic (exact) mass is 274 g/mol. The summed E-state index contributed by atoms with van der Waals surface area (Å²) in [4.78, 5) is 14.5. The van der Waals surface area contributed by atoms with Gasteiger partial charge in [-0.2, -0.15) is 4.68 Å². The molecule has 6 nitrogen and oxygen atoms in total. The SMILES string of the molecule is CC[C@@H]1CN(Cn2nnc3ccccc3c2=O)CCO1. The third-order valence-electron chi connectivity index (χ3n) is 3.64. The lowest BCUT2D eigenvalue weighted by atomic mass is 10.2. The van der Waals surface area contributed by atoms with Gasteiger partial charge in [-0.25, -0.2) is 0 Å². The number of morpholine rings is 1. The largest absolute Gasteiger partial charge is 0.376 e. The number of rotatable bonds is 3. The highest BCUT2D eigenvalue weighted by atomic mass is 16.5. The van der Waals surface area contributed by atoms with Gasteiger partial charge in [-0.1, -0.05) is 24.3 Å². The second-order valence-corrected chi connectivity index (χ2v) is 5.03. The lowest BCUT2D eigenvalue weighted by Gasteiger charge is -2.32. The topological polar surface area (TPSA) is 60.2 Å². The number of nitrogens with zero attached hydrogens (tertiary/aromatic N) is 4. The molecule has 6 heteroatoms. The summed E-state index contributed by atoms with van der Waals surface area (Å²) in [6.45, 7) is 4.93. The van der Waals surface area contributed by atoms with Gasteiger partial charge < -0.3 is 4.74 Å². The molecule has 1 aromatic heterocycles. The maximum Gasteiger partial charge on any atom is 0.278 e.